The highest BCUT2D eigenvalue weighted by molar-refractivity contribution is 5.88. The number of carboxylic acids is 1. The fourth-order valence-corrected chi connectivity index (χ4v) is 2.20. The van der Waals surface area contributed by atoms with E-state index in [1.807, 2.05) is 6.92 Å². The Morgan fingerprint density at radius 3 is 3.00 bits per heavy atom. The van der Waals surface area contributed by atoms with Crippen molar-refractivity contribution in [2.45, 2.75) is 38.5 Å². The molecule has 0 bridgehead atoms. The molecule has 0 atom stereocenters. The minimum absolute atomic E-state index is 0.269. The summed E-state index contributed by atoms with van der Waals surface area (Å²) in [5.41, 5.74) is 0.980. The van der Waals surface area contributed by atoms with Gasteiger partial charge in [-0.3, -0.25) is 4.68 Å². The molecule has 18 heavy (non-hydrogen) atoms. The van der Waals surface area contributed by atoms with E-state index in [1.165, 1.54) is 6.20 Å². The van der Waals surface area contributed by atoms with Gasteiger partial charge in [-0.05, 0) is 19.8 Å². The number of hydrogen-bond donors (Lipinski definition) is 2. The van der Waals surface area contributed by atoms with Crippen LogP contribution in [0.4, 0.5) is 0 Å². The molecular weight excluding hydrogens is 234 g/mol. The Morgan fingerprint density at radius 1 is 1.67 bits per heavy atom. The predicted molar refractivity (Wildman–Crippen MR) is 65.4 cm³/mol. The largest absolute Gasteiger partial charge is 0.478 e. The SMILES string of the molecule is CCOC1CC(NCc2c(C(=O)O)cnn2C)C1. The normalized spacial score (nSPS) is 22.8. The molecule has 1 aromatic heterocycles. The number of rotatable bonds is 6. The summed E-state index contributed by atoms with van der Waals surface area (Å²) < 4.78 is 7.09. The van der Waals surface area contributed by atoms with Crippen LogP contribution < -0.4 is 5.32 Å². The Labute approximate surface area is 106 Å². The fourth-order valence-electron chi connectivity index (χ4n) is 2.20. The van der Waals surface area contributed by atoms with Crippen molar-refractivity contribution in [1.29, 1.82) is 0 Å². The molecule has 100 valence electrons. The van der Waals surface area contributed by atoms with Gasteiger partial charge in [0.2, 0.25) is 0 Å². The molecule has 6 nitrogen and oxygen atoms in total. The summed E-state index contributed by atoms with van der Waals surface area (Å²) in [6.07, 6.45) is 3.74. The fraction of sp³-hybridized carbons (Fsp3) is 0.667. The lowest BCUT2D eigenvalue weighted by atomic mass is 9.89. The molecule has 1 fully saturated rings. The van der Waals surface area contributed by atoms with Gasteiger partial charge in [0.1, 0.15) is 5.56 Å². The molecule has 0 unspecified atom stereocenters. The molecular formula is C12H19N3O3. The van der Waals surface area contributed by atoms with E-state index in [-0.39, 0.29) is 5.56 Å². The van der Waals surface area contributed by atoms with Crippen LogP contribution in [0.25, 0.3) is 0 Å². The average molecular weight is 253 g/mol. The maximum atomic E-state index is 11.0. The molecule has 0 amide bonds. The summed E-state index contributed by atoms with van der Waals surface area (Å²) in [5, 5.41) is 16.3. The Balaban J connectivity index is 1.84. The molecule has 0 radical (unpaired) electrons. The molecule has 2 N–H and O–H groups in total. The summed E-state index contributed by atoms with van der Waals surface area (Å²) in [5.74, 6) is -0.930. The van der Waals surface area contributed by atoms with Crippen LogP contribution in [0.15, 0.2) is 6.20 Å². The quantitative estimate of drug-likeness (QED) is 0.783. The summed E-state index contributed by atoms with van der Waals surface area (Å²) in [6.45, 7) is 3.28. The van der Waals surface area contributed by atoms with Gasteiger partial charge >= 0.3 is 5.97 Å². The number of aromatic nitrogens is 2. The highest BCUT2D eigenvalue weighted by atomic mass is 16.5. The van der Waals surface area contributed by atoms with Gasteiger partial charge in [-0.1, -0.05) is 0 Å². The Kier molecular flexibility index (Phi) is 3.98. The van der Waals surface area contributed by atoms with Crippen molar-refractivity contribution in [2.24, 2.45) is 7.05 Å². The number of aromatic carboxylic acids is 1. The molecule has 0 saturated heterocycles. The zero-order valence-electron chi connectivity index (χ0n) is 10.7. The molecule has 6 heteroatoms. The molecule has 0 spiro atoms. The van der Waals surface area contributed by atoms with Crippen molar-refractivity contribution in [2.75, 3.05) is 6.61 Å². The lowest BCUT2D eigenvalue weighted by Crippen LogP contribution is -2.45. The lowest BCUT2D eigenvalue weighted by molar-refractivity contribution is -0.0103. The molecule has 0 aliphatic heterocycles. The standard InChI is InChI=1S/C12H19N3O3/c1-3-18-9-4-8(5-9)13-7-11-10(12(16)17)6-14-15(11)2/h6,8-9,13H,3-5,7H2,1-2H3,(H,16,17). The minimum atomic E-state index is -0.930. The van der Waals surface area contributed by atoms with Gasteiger partial charge in [0.05, 0.1) is 18.0 Å². The summed E-state index contributed by atoms with van der Waals surface area (Å²) in [6, 6.07) is 0.415. The van der Waals surface area contributed by atoms with Crippen molar-refractivity contribution in [3.05, 3.63) is 17.5 Å². The van der Waals surface area contributed by atoms with E-state index in [2.05, 4.69) is 10.4 Å². The van der Waals surface area contributed by atoms with Crippen LogP contribution in [0.1, 0.15) is 35.8 Å². The van der Waals surface area contributed by atoms with Crippen LogP contribution in [0.5, 0.6) is 0 Å². The zero-order chi connectivity index (χ0) is 13.1. The second kappa shape index (κ2) is 5.49. The van der Waals surface area contributed by atoms with Gasteiger partial charge in [-0.2, -0.15) is 5.10 Å². The summed E-state index contributed by atoms with van der Waals surface area (Å²) >= 11 is 0. The number of carboxylic acid groups (broad SMARTS) is 1. The maximum absolute atomic E-state index is 11.0. The first-order valence-corrected chi connectivity index (χ1v) is 6.21. The van der Waals surface area contributed by atoms with Crippen molar-refractivity contribution in [3.63, 3.8) is 0 Å². The van der Waals surface area contributed by atoms with Gasteiger partial charge in [-0.15, -0.1) is 0 Å². The van der Waals surface area contributed by atoms with Crippen LogP contribution in [0.3, 0.4) is 0 Å². The maximum Gasteiger partial charge on any atom is 0.339 e. The Morgan fingerprint density at radius 2 is 2.39 bits per heavy atom. The van der Waals surface area contributed by atoms with Gasteiger partial charge < -0.3 is 15.2 Å². The van der Waals surface area contributed by atoms with E-state index in [4.69, 9.17) is 9.84 Å². The summed E-state index contributed by atoms with van der Waals surface area (Å²) in [7, 11) is 1.76. The molecule has 1 aliphatic rings. The molecule has 1 aliphatic carbocycles. The second-order valence-corrected chi connectivity index (χ2v) is 4.56. The first-order chi connectivity index (χ1) is 8.61. The minimum Gasteiger partial charge on any atom is -0.478 e. The van der Waals surface area contributed by atoms with E-state index in [0.29, 0.717) is 24.4 Å². The van der Waals surface area contributed by atoms with Gasteiger partial charge in [0.25, 0.3) is 0 Å². The third-order valence-corrected chi connectivity index (χ3v) is 3.35. The molecule has 1 saturated carbocycles. The Hall–Kier alpha value is -1.40. The van der Waals surface area contributed by atoms with E-state index < -0.39 is 5.97 Å². The number of nitrogens with zero attached hydrogens (tertiary/aromatic N) is 2. The van der Waals surface area contributed by atoms with Crippen LogP contribution >= 0.6 is 0 Å². The first-order valence-electron chi connectivity index (χ1n) is 6.21. The molecule has 1 aromatic rings. The van der Waals surface area contributed by atoms with Crippen LogP contribution in [-0.2, 0) is 18.3 Å². The second-order valence-electron chi connectivity index (χ2n) is 4.56. The van der Waals surface area contributed by atoms with Crippen LogP contribution in [0.2, 0.25) is 0 Å². The number of hydrogen-bond acceptors (Lipinski definition) is 4. The van der Waals surface area contributed by atoms with Gasteiger partial charge in [0.15, 0.2) is 0 Å². The predicted octanol–water partition coefficient (Wildman–Crippen LogP) is 0.775. The van der Waals surface area contributed by atoms with E-state index in [9.17, 15) is 4.79 Å². The van der Waals surface area contributed by atoms with Crippen molar-refractivity contribution in [1.82, 2.24) is 15.1 Å². The van der Waals surface area contributed by atoms with Gasteiger partial charge in [-0.25, -0.2) is 4.79 Å². The average Bonchev–Trinajstić information content (AvgIpc) is 2.63. The lowest BCUT2D eigenvalue weighted by Gasteiger charge is -2.35. The Bertz CT molecular complexity index is 424. The van der Waals surface area contributed by atoms with E-state index in [0.717, 1.165) is 19.4 Å². The van der Waals surface area contributed by atoms with Crippen LogP contribution in [0, 0.1) is 0 Å². The van der Waals surface area contributed by atoms with Crippen molar-refractivity contribution < 1.29 is 14.6 Å². The van der Waals surface area contributed by atoms with Crippen molar-refractivity contribution >= 4 is 5.97 Å². The van der Waals surface area contributed by atoms with Crippen LogP contribution in [-0.4, -0.2) is 39.6 Å². The number of carbonyl (C=O) groups is 1. The highest BCUT2D eigenvalue weighted by Crippen LogP contribution is 2.23. The smallest absolute Gasteiger partial charge is 0.339 e. The highest BCUT2D eigenvalue weighted by Gasteiger charge is 2.29. The summed E-state index contributed by atoms with van der Waals surface area (Å²) in [4.78, 5) is 11.0. The first kappa shape index (κ1) is 13.0. The molecule has 0 aromatic carbocycles. The number of aryl methyl sites for hydroxylation is 1. The topological polar surface area (TPSA) is 76.4 Å². The molecule has 2 rings (SSSR count). The monoisotopic (exact) mass is 253 g/mol. The van der Waals surface area contributed by atoms with E-state index in [1.54, 1.807) is 11.7 Å². The van der Waals surface area contributed by atoms with Crippen molar-refractivity contribution in [3.8, 4) is 0 Å². The third kappa shape index (κ3) is 2.70. The van der Waals surface area contributed by atoms with Gasteiger partial charge in [0, 0.05) is 26.2 Å². The number of ether oxygens (including phenoxy) is 1. The zero-order valence-corrected chi connectivity index (χ0v) is 10.7. The molecule has 1 heterocycles. The number of nitrogens with one attached hydrogen (secondary N) is 1. The third-order valence-electron chi connectivity index (χ3n) is 3.35. The van der Waals surface area contributed by atoms with E-state index >= 15 is 0 Å².